The van der Waals surface area contributed by atoms with Crippen LogP contribution in [0.2, 0.25) is 0 Å². The summed E-state index contributed by atoms with van der Waals surface area (Å²) in [4.78, 5) is 19.2. The molecule has 2 saturated heterocycles. The van der Waals surface area contributed by atoms with Crippen LogP contribution in [-0.2, 0) is 14.6 Å². The van der Waals surface area contributed by atoms with Gasteiger partial charge in [-0.3, -0.25) is 9.69 Å². The van der Waals surface area contributed by atoms with Gasteiger partial charge in [0.1, 0.15) is 5.82 Å². The molecular formula is C20H30FN3O3S. The summed E-state index contributed by atoms with van der Waals surface area (Å²) in [5.74, 6) is 0.0362. The van der Waals surface area contributed by atoms with Gasteiger partial charge < -0.3 is 9.80 Å². The minimum absolute atomic E-state index is 0.0201. The van der Waals surface area contributed by atoms with Crippen LogP contribution >= 0.6 is 0 Å². The standard InChI is InChI=1S/C20H30FN3O3S/c1-3-16(2)24(19-8-13-28(26,27)15-19)20(25)14-22-9-11-23(12-10-22)18-6-4-17(21)5-7-18/h4-7,16,19H,3,8-15H2,1-2H3/t16-,19-/m0/s1. The number of hydrogen-bond donors (Lipinski definition) is 0. The first-order valence-corrected chi connectivity index (χ1v) is 11.9. The van der Waals surface area contributed by atoms with Gasteiger partial charge in [-0.1, -0.05) is 6.92 Å². The molecule has 0 spiro atoms. The molecule has 8 heteroatoms. The fraction of sp³-hybridized carbons (Fsp3) is 0.650. The molecular weight excluding hydrogens is 381 g/mol. The van der Waals surface area contributed by atoms with Crippen molar-refractivity contribution in [2.75, 3.05) is 49.1 Å². The molecule has 28 heavy (non-hydrogen) atoms. The van der Waals surface area contributed by atoms with E-state index in [-0.39, 0.29) is 35.3 Å². The second-order valence-electron chi connectivity index (χ2n) is 7.85. The fourth-order valence-electron chi connectivity index (χ4n) is 4.09. The molecule has 1 aromatic rings. The molecule has 156 valence electrons. The van der Waals surface area contributed by atoms with Crippen LogP contribution < -0.4 is 4.90 Å². The van der Waals surface area contributed by atoms with Crippen LogP contribution in [0.4, 0.5) is 10.1 Å². The van der Waals surface area contributed by atoms with E-state index in [2.05, 4.69) is 9.80 Å². The first-order valence-electron chi connectivity index (χ1n) is 10.0. The van der Waals surface area contributed by atoms with E-state index in [4.69, 9.17) is 0 Å². The zero-order valence-electron chi connectivity index (χ0n) is 16.7. The van der Waals surface area contributed by atoms with E-state index in [0.717, 1.165) is 38.3 Å². The molecule has 2 aliphatic heterocycles. The van der Waals surface area contributed by atoms with Gasteiger partial charge in [0, 0.05) is 44.0 Å². The molecule has 0 unspecified atom stereocenters. The van der Waals surface area contributed by atoms with Crippen molar-refractivity contribution in [3.63, 3.8) is 0 Å². The SMILES string of the molecule is CC[C@H](C)N(C(=O)CN1CCN(c2ccc(F)cc2)CC1)[C@H]1CCS(=O)(=O)C1. The topological polar surface area (TPSA) is 60.9 Å². The summed E-state index contributed by atoms with van der Waals surface area (Å²) in [6.07, 6.45) is 1.34. The average Bonchev–Trinajstić information content (AvgIpc) is 3.02. The first-order chi connectivity index (χ1) is 13.3. The smallest absolute Gasteiger partial charge is 0.237 e. The number of carbonyl (C=O) groups excluding carboxylic acids is 1. The Morgan fingerprint density at radius 1 is 1.21 bits per heavy atom. The number of halogens is 1. The fourth-order valence-corrected chi connectivity index (χ4v) is 5.80. The Morgan fingerprint density at radius 3 is 2.39 bits per heavy atom. The Labute approximate surface area is 167 Å². The summed E-state index contributed by atoms with van der Waals surface area (Å²) < 4.78 is 36.9. The Bertz CT molecular complexity index is 776. The molecule has 2 atom stereocenters. The van der Waals surface area contributed by atoms with E-state index in [1.807, 2.05) is 18.7 Å². The lowest BCUT2D eigenvalue weighted by atomic mass is 10.1. The maximum Gasteiger partial charge on any atom is 0.237 e. The van der Waals surface area contributed by atoms with Crippen LogP contribution in [0.1, 0.15) is 26.7 Å². The van der Waals surface area contributed by atoms with Crippen molar-refractivity contribution < 1.29 is 17.6 Å². The molecule has 0 aliphatic carbocycles. The zero-order chi connectivity index (χ0) is 20.3. The summed E-state index contributed by atoms with van der Waals surface area (Å²) in [7, 11) is -3.03. The number of anilines is 1. The van der Waals surface area contributed by atoms with Crippen molar-refractivity contribution >= 4 is 21.4 Å². The Hall–Kier alpha value is -1.67. The molecule has 0 aromatic heterocycles. The number of rotatable bonds is 6. The number of sulfone groups is 1. The van der Waals surface area contributed by atoms with Crippen LogP contribution in [0.25, 0.3) is 0 Å². The number of carbonyl (C=O) groups is 1. The zero-order valence-corrected chi connectivity index (χ0v) is 17.5. The van der Waals surface area contributed by atoms with Crippen molar-refractivity contribution in [3.05, 3.63) is 30.1 Å². The summed E-state index contributed by atoms with van der Waals surface area (Å²) in [5, 5.41) is 0. The van der Waals surface area contributed by atoms with Gasteiger partial charge in [-0.25, -0.2) is 12.8 Å². The van der Waals surface area contributed by atoms with E-state index >= 15 is 0 Å². The largest absolute Gasteiger partial charge is 0.369 e. The molecule has 6 nitrogen and oxygen atoms in total. The van der Waals surface area contributed by atoms with Gasteiger partial charge in [0.15, 0.2) is 9.84 Å². The third kappa shape index (κ3) is 5.03. The van der Waals surface area contributed by atoms with E-state index in [1.165, 1.54) is 12.1 Å². The lowest BCUT2D eigenvalue weighted by molar-refractivity contribution is -0.136. The van der Waals surface area contributed by atoms with Gasteiger partial charge in [0.2, 0.25) is 5.91 Å². The molecule has 1 amide bonds. The van der Waals surface area contributed by atoms with Crippen molar-refractivity contribution in [2.45, 2.75) is 38.8 Å². The van der Waals surface area contributed by atoms with Crippen molar-refractivity contribution in [1.29, 1.82) is 0 Å². The Kier molecular flexibility index (Phi) is 6.60. The minimum atomic E-state index is -3.03. The summed E-state index contributed by atoms with van der Waals surface area (Å²) in [5.41, 5.74) is 0.991. The molecule has 0 radical (unpaired) electrons. The highest BCUT2D eigenvalue weighted by atomic mass is 32.2. The summed E-state index contributed by atoms with van der Waals surface area (Å²) in [6, 6.07) is 6.32. The highest BCUT2D eigenvalue weighted by Crippen LogP contribution is 2.22. The molecule has 0 bridgehead atoms. The van der Waals surface area contributed by atoms with Gasteiger partial charge in [-0.15, -0.1) is 0 Å². The molecule has 0 saturated carbocycles. The monoisotopic (exact) mass is 411 g/mol. The Balaban J connectivity index is 1.58. The predicted octanol–water partition coefficient (Wildman–Crippen LogP) is 1.76. The lowest BCUT2D eigenvalue weighted by Gasteiger charge is -2.39. The van der Waals surface area contributed by atoms with Crippen LogP contribution in [0.3, 0.4) is 0 Å². The molecule has 2 heterocycles. The summed E-state index contributed by atoms with van der Waals surface area (Å²) in [6.45, 7) is 7.39. The van der Waals surface area contributed by atoms with E-state index in [0.29, 0.717) is 13.0 Å². The van der Waals surface area contributed by atoms with Gasteiger partial charge >= 0.3 is 0 Å². The van der Waals surface area contributed by atoms with Gasteiger partial charge in [0.05, 0.1) is 18.1 Å². The molecule has 2 fully saturated rings. The van der Waals surface area contributed by atoms with E-state index in [9.17, 15) is 17.6 Å². The van der Waals surface area contributed by atoms with Gasteiger partial charge in [0.25, 0.3) is 0 Å². The highest BCUT2D eigenvalue weighted by Gasteiger charge is 2.37. The van der Waals surface area contributed by atoms with Gasteiger partial charge in [-0.05, 0) is 44.0 Å². The number of piperazine rings is 1. The van der Waals surface area contributed by atoms with Crippen LogP contribution in [0.5, 0.6) is 0 Å². The third-order valence-corrected chi connectivity index (χ3v) is 7.63. The van der Waals surface area contributed by atoms with Crippen molar-refractivity contribution in [2.24, 2.45) is 0 Å². The Morgan fingerprint density at radius 2 is 1.86 bits per heavy atom. The molecule has 1 aromatic carbocycles. The number of nitrogens with zero attached hydrogens (tertiary/aromatic N) is 3. The molecule has 3 rings (SSSR count). The highest BCUT2D eigenvalue weighted by molar-refractivity contribution is 7.91. The maximum atomic E-state index is 13.1. The van der Waals surface area contributed by atoms with Crippen LogP contribution in [-0.4, -0.2) is 80.4 Å². The first kappa shape index (κ1) is 21.0. The van der Waals surface area contributed by atoms with Crippen LogP contribution in [0, 0.1) is 5.82 Å². The van der Waals surface area contributed by atoms with E-state index in [1.54, 1.807) is 12.1 Å². The second kappa shape index (κ2) is 8.78. The predicted molar refractivity (Wildman–Crippen MR) is 109 cm³/mol. The lowest BCUT2D eigenvalue weighted by Crippen LogP contribution is -2.53. The average molecular weight is 412 g/mol. The molecule has 0 N–H and O–H groups in total. The summed E-state index contributed by atoms with van der Waals surface area (Å²) >= 11 is 0. The number of benzene rings is 1. The van der Waals surface area contributed by atoms with Crippen molar-refractivity contribution in [3.8, 4) is 0 Å². The second-order valence-corrected chi connectivity index (χ2v) is 10.1. The minimum Gasteiger partial charge on any atom is -0.369 e. The number of amides is 1. The van der Waals surface area contributed by atoms with E-state index < -0.39 is 9.84 Å². The van der Waals surface area contributed by atoms with Crippen LogP contribution in [0.15, 0.2) is 24.3 Å². The number of hydrogen-bond acceptors (Lipinski definition) is 5. The van der Waals surface area contributed by atoms with Crippen molar-refractivity contribution in [1.82, 2.24) is 9.80 Å². The third-order valence-electron chi connectivity index (χ3n) is 5.88. The maximum absolute atomic E-state index is 13.1. The normalized spacial score (nSPS) is 23.5. The van der Waals surface area contributed by atoms with Gasteiger partial charge in [-0.2, -0.15) is 0 Å². The molecule has 2 aliphatic rings. The quantitative estimate of drug-likeness (QED) is 0.714.